The molecule has 2 heterocycles. The summed E-state index contributed by atoms with van der Waals surface area (Å²) in [6.07, 6.45) is 4.59. The van der Waals surface area contributed by atoms with Gasteiger partial charge in [-0.15, -0.1) is 0 Å². The SMILES string of the molecule is CC1(C)[C@H]2CC[C@]1(C)C(=O)N(CSC(=S)NN=Cc1ccco1)C2=O. The number of likely N-dealkylation sites (tertiary alicyclic amines) is 1. The molecule has 8 heteroatoms. The van der Waals surface area contributed by atoms with Gasteiger partial charge in [-0.05, 0) is 30.4 Å². The highest BCUT2D eigenvalue weighted by Gasteiger charge is 2.64. The second-order valence-electron chi connectivity index (χ2n) is 7.16. The first kappa shape index (κ1) is 18.1. The summed E-state index contributed by atoms with van der Waals surface area (Å²) in [6, 6.07) is 3.53. The third kappa shape index (κ3) is 3.01. The summed E-state index contributed by atoms with van der Waals surface area (Å²) in [4.78, 5) is 27.0. The van der Waals surface area contributed by atoms with E-state index in [1.54, 1.807) is 18.4 Å². The average molecular weight is 380 g/mol. The van der Waals surface area contributed by atoms with Gasteiger partial charge in [0.05, 0.1) is 23.8 Å². The van der Waals surface area contributed by atoms with Crippen molar-refractivity contribution < 1.29 is 14.0 Å². The van der Waals surface area contributed by atoms with Crippen LogP contribution in [-0.2, 0) is 9.59 Å². The molecule has 1 aliphatic carbocycles. The molecule has 1 saturated carbocycles. The van der Waals surface area contributed by atoms with Crippen molar-refractivity contribution in [3.05, 3.63) is 24.2 Å². The van der Waals surface area contributed by atoms with Gasteiger partial charge < -0.3 is 4.42 Å². The van der Waals surface area contributed by atoms with Gasteiger partial charge in [0.15, 0.2) is 4.32 Å². The first-order valence-electron chi connectivity index (χ1n) is 8.12. The highest BCUT2D eigenvalue weighted by atomic mass is 32.2. The third-order valence-electron chi connectivity index (χ3n) is 5.72. The number of imide groups is 1. The molecule has 1 aromatic heterocycles. The Morgan fingerprint density at radius 2 is 2.28 bits per heavy atom. The van der Waals surface area contributed by atoms with E-state index in [1.807, 2.05) is 20.8 Å². The Morgan fingerprint density at radius 3 is 2.96 bits per heavy atom. The minimum atomic E-state index is -0.487. The molecule has 1 saturated heterocycles. The van der Waals surface area contributed by atoms with Crippen LogP contribution in [-0.4, -0.2) is 33.1 Å². The molecule has 25 heavy (non-hydrogen) atoms. The molecule has 2 atom stereocenters. The zero-order chi connectivity index (χ0) is 18.2. The van der Waals surface area contributed by atoms with E-state index in [9.17, 15) is 9.59 Å². The molecule has 3 rings (SSSR count). The van der Waals surface area contributed by atoms with Crippen LogP contribution in [0.25, 0.3) is 0 Å². The minimum absolute atomic E-state index is 0.0839. The number of nitrogens with one attached hydrogen (secondary N) is 1. The van der Waals surface area contributed by atoms with Crippen molar-refractivity contribution in [3.63, 3.8) is 0 Å². The van der Waals surface area contributed by atoms with Crippen LogP contribution in [0.15, 0.2) is 27.9 Å². The van der Waals surface area contributed by atoms with Crippen LogP contribution in [0, 0.1) is 16.7 Å². The summed E-state index contributed by atoms with van der Waals surface area (Å²) in [5.74, 6) is 0.537. The Balaban J connectivity index is 1.59. The highest BCUT2D eigenvalue weighted by molar-refractivity contribution is 8.22. The van der Waals surface area contributed by atoms with Gasteiger partial charge in [0.25, 0.3) is 0 Å². The number of hydrazone groups is 1. The molecule has 2 fully saturated rings. The largest absolute Gasteiger partial charge is 0.463 e. The van der Waals surface area contributed by atoms with Crippen LogP contribution in [0.2, 0.25) is 0 Å². The summed E-state index contributed by atoms with van der Waals surface area (Å²) in [7, 11) is 0. The van der Waals surface area contributed by atoms with Crippen molar-refractivity contribution >= 4 is 46.3 Å². The Labute approximate surface area is 156 Å². The van der Waals surface area contributed by atoms with Crippen molar-refractivity contribution in [2.45, 2.75) is 33.6 Å². The number of fused-ring (bicyclic) bond motifs is 2. The monoisotopic (exact) mass is 379 g/mol. The number of carbonyl (C=O) groups excluding carboxylic acids is 2. The number of thioether (sulfide) groups is 1. The standard InChI is InChI=1S/C17H21N3O3S2/c1-16(2)12-6-7-17(16,3)14(22)20(13(12)21)10-25-15(24)19-18-9-11-5-4-8-23-11/h4-5,8-9,12H,6-7,10H2,1-3H3,(H,19,24)/t12-,17+/m0/s1. The van der Waals surface area contributed by atoms with E-state index in [4.69, 9.17) is 16.6 Å². The number of hydrogen-bond donors (Lipinski definition) is 1. The first-order valence-corrected chi connectivity index (χ1v) is 9.52. The normalized spacial score (nSPS) is 28.0. The van der Waals surface area contributed by atoms with Crippen LogP contribution in [0.3, 0.4) is 0 Å². The maximum Gasteiger partial charge on any atom is 0.236 e. The summed E-state index contributed by atoms with van der Waals surface area (Å²) in [5, 5.41) is 3.98. The van der Waals surface area contributed by atoms with E-state index in [1.165, 1.54) is 22.9 Å². The number of hydrogen-bond acceptors (Lipinski definition) is 6. The summed E-state index contributed by atoms with van der Waals surface area (Å²) in [6.45, 7) is 6.03. The lowest BCUT2D eigenvalue weighted by Gasteiger charge is -2.47. The van der Waals surface area contributed by atoms with Gasteiger partial charge in [-0.25, -0.2) is 0 Å². The molecule has 0 spiro atoms. The Bertz CT molecular complexity index is 730. The van der Waals surface area contributed by atoms with Gasteiger partial charge >= 0.3 is 0 Å². The molecule has 1 aliphatic heterocycles. The van der Waals surface area contributed by atoms with Gasteiger partial charge in [-0.2, -0.15) is 5.10 Å². The quantitative estimate of drug-likeness (QED) is 0.375. The van der Waals surface area contributed by atoms with E-state index in [2.05, 4.69) is 10.5 Å². The summed E-state index contributed by atoms with van der Waals surface area (Å²) < 4.78 is 5.52. The number of nitrogens with zero attached hydrogens (tertiary/aromatic N) is 2. The van der Waals surface area contributed by atoms with Crippen molar-refractivity contribution in [2.75, 3.05) is 5.88 Å². The maximum atomic E-state index is 12.9. The molecule has 2 bridgehead atoms. The number of amides is 2. The number of carbonyl (C=O) groups is 2. The lowest BCUT2D eigenvalue weighted by atomic mass is 9.62. The second-order valence-corrected chi connectivity index (χ2v) is 8.78. The predicted octanol–water partition coefficient (Wildman–Crippen LogP) is 2.99. The van der Waals surface area contributed by atoms with Crippen LogP contribution in [0.5, 0.6) is 0 Å². The number of piperidine rings is 1. The molecule has 1 N–H and O–H groups in total. The second kappa shape index (κ2) is 6.57. The molecule has 134 valence electrons. The minimum Gasteiger partial charge on any atom is -0.463 e. The Hall–Kier alpha value is -1.67. The van der Waals surface area contributed by atoms with Crippen molar-refractivity contribution in [2.24, 2.45) is 21.8 Å². The average Bonchev–Trinajstić information content (AvgIpc) is 3.12. The lowest BCUT2D eigenvalue weighted by molar-refractivity contribution is -0.166. The topological polar surface area (TPSA) is 74.9 Å². The van der Waals surface area contributed by atoms with Gasteiger partial charge in [-0.3, -0.25) is 19.9 Å². The number of rotatable bonds is 4. The van der Waals surface area contributed by atoms with Crippen molar-refractivity contribution in [1.82, 2.24) is 10.3 Å². The van der Waals surface area contributed by atoms with Gasteiger partial charge in [0.1, 0.15) is 5.76 Å². The highest BCUT2D eigenvalue weighted by Crippen LogP contribution is 2.60. The van der Waals surface area contributed by atoms with Crippen molar-refractivity contribution in [1.29, 1.82) is 0 Å². The van der Waals surface area contributed by atoms with Crippen LogP contribution in [0.4, 0.5) is 0 Å². The molecule has 2 aliphatic rings. The Kier molecular flexibility index (Phi) is 4.76. The van der Waals surface area contributed by atoms with E-state index in [0.717, 1.165) is 12.8 Å². The molecular formula is C17H21N3O3S2. The zero-order valence-corrected chi connectivity index (χ0v) is 16.1. The molecule has 2 amide bonds. The fourth-order valence-electron chi connectivity index (χ4n) is 3.69. The van der Waals surface area contributed by atoms with Crippen molar-refractivity contribution in [3.8, 4) is 0 Å². The van der Waals surface area contributed by atoms with Crippen LogP contribution < -0.4 is 5.43 Å². The molecule has 0 aromatic carbocycles. The molecule has 0 unspecified atom stereocenters. The van der Waals surface area contributed by atoms with Gasteiger partial charge in [0, 0.05) is 5.92 Å². The lowest BCUT2D eigenvalue weighted by Crippen LogP contribution is -2.58. The Morgan fingerprint density at radius 1 is 1.52 bits per heavy atom. The van der Waals surface area contributed by atoms with Crippen LogP contribution >= 0.6 is 24.0 Å². The van der Waals surface area contributed by atoms with E-state index < -0.39 is 5.41 Å². The summed E-state index contributed by atoms with van der Waals surface area (Å²) >= 11 is 6.42. The first-order chi connectivity index (χ1) is 11.8. The summed E-state index contributed by atoms with van der Waals surface area (Å²) in [5.41, 5.74) is 1.92. The van der Waals surface area contributed by atoms with Gasteiger partial charge in [-0.1, -0.05) is 44.8 Å². The molecule has 0 radical (unpaired) electrons. The number of furan rings is 1. The van der Waals surface area contributed by atoms with E-state index >= 15 is 0 Å². The smallest absolute Gasteiger partial charge is 0.236 e. The fraction of sp³-hybridized carbons (Fsp3) is 0.529. The zero-order valence-electron chi connectivity index (χ0n) is 14.4. The third-order valence-corrected chi connectivity index (χ3v) is 6.91. The fourth-order valence-corrected chi connectivity index (χ4v) is 4.51. The van der Waals surface area contributed by atoms with Crippen LogP contribution in [0.1, 0.15) is 39.4 Å². The molecule has 1 aromatic rings. The maximum absolute atomic E-state index is 12.9. The van der Waals surface area contributed by atoms with E-state index in [-0.39, 0.29) is 29.0 Å². The van der Waals surface area contributed by atoms with E-state index in [0.29, 0.717) is 10.1 Å². The molecule has 6 nitrogen and oxygen atoms in total. The predicted molar refractivity (Wildman–Crippen MR) is 101 cm³/mol. The van der Waals surface area contributed by atoms with Gasteiger partial charge in [0.2, 0.25) is 11.8 Å². The molecular weight excluding hydrogens is 358 g/mol. The number of thiocarbonyl (C=S) groups is 1.